The fourth-order valence-corrected chi connectivity index (χ4v) is 0.597. The Morgan fingerprint density at radius 2 is 1.85 bits per heavy atom. The Bertz CT molecular complexity index is 148. The van der Waals surface area contributed by atoms with Crippen LogP contribution < -0.4 is 11.1 Å². The van der Waals surface area contributed by atoms with Gasteiger partial charge in [-0.1, -0.05) is 13.8 Å². The number of nitrogens with one attached hydrogen (secondary N) is 1. The summed E-state index contributed by atoms with van der Waals surface area (Å²) in [6, 6.07) is -0.834. The summed E-state index contributed by atoms with van der Waals surface area (Å²) in [5, 5.41) is 10.3. The van der Waals surface area contributed by atoms with Crippen LogP contribution in [0.5, 0.6) is 0 Å². The van der Waals surface area contributed by atoms with E-state index in [1.807, 2.05) is 19.2 Å². The first kappa shape index (κ1) is 14.4. The Morgan fingerprint density at radius 3 is 2.23 bits per heavy atom. The number of imide groups is 1. The van der Waals surface area contributed by atoms with Gasteiger partial charge in [-0.15, -0.1) is 0 Å². The zero-order valence-corrected chi connectivity index (χ0v) is 8.17. The molecule has 0 fully saturated rings. The molecule has 0 aromatic heterocycles. The average molecular weight is 190 g/mol. The fraction of sp³-hybridized carbons (Fsp3) is 0.750. The predicted molar refractivity (Wildman–Crippen MR) is 50.0 cm³/mol. The number of hydrogen-bond acceptors (Lipinski definition) is 3. The van der Waals surface area contributed by atoms with Crippen molar-refractivity contribution in [2.75, 3.05) is 6.61 Å². The van der Waals surface area contributed by atoms with E-state index in [9.17, 15) is 9.59 Å². The smallest absolute Gasteiger partial charge is 0.318 e. The molecular formula is C8H18N2O3. The van der Waals surface area contributed by atoms with Crippen LogP contribution in [-0.4, -0.2) is 23.7 Å². The van der Waals surface area contributed by atoms with Crippen LogP contribution in [-0.2, 0) is 4.79 Å². The largest absolute Gasteiger partial charge is 0.396 e. The van der Waals surface area contributed by atoms with E-state index in [4.69, 9.17) is 5.11 Å². The van der Waals surface area contributed by atoms with Gasteiger partial charge in [0.25, 0.3) is 0 Å². The zero-order chi connectivity index (χ0) is 10.7. The summed E-state index contributed by atoms with van der Waals surface area (Å²) in [6.07, 6.45) is 1.35. The summed E-state index contributed by atoms with van der Waals surface area (Å²) in [6.45, 7) is 4.06. The maximum absolute atomic E-state index is 10.6. The van der Waals surface area contributed by atoms with Gasteiger partial charge in [0.15, 0.2) is 0 Å². The summed E-state index contributed by atoms with van der Waals surface area (Å²) in [4.78, 5) is 20.7. The SMILES string of the molecule is CC.NC(=O)NC(=O)CCCCO. The van der Waals surface area contributed by atoms with Gasteiger partial charge < -0.3 is 10.8 Å². The van der Waals surface area contributed by atoms with Crippen molar-refractivity contribution in [1.29, 1.82) is 0 Å². The Balaban J connectivity index is 0. The maximum Gasteiger partial charge on any atom is 0.318 e. The van der Waals surface area contributed by atoms with E-state index in [0.29, 0.717) is 12.8 Å². The van der Waals surface area contributed by atoms with Crippen LogP contribution in [0.1, 0.15) is 33.1 Å². The van der Waals surface area contributed by atoms with Gasteiger partial charge in [0.2, 0.25) is 5.91 Å². The van der Waals surface area contributed by atoms with Gasteiger partial charge in [-0.25, -0.2) is 4.79 Å². The van der Waals surface area contributed by atoms with Crippen molar-refractivity contribution >= 4 is 11.9 Å². The first-order chi connectivity index (χ1) is 6.16. The molecule has 0 unspecified atom stereocenters. The molecule has 0 atom stereocenters. The third kappa shape index (κ3) is 13.8. The van der Waals surface area contributed by atoms with Crippen LogP contribution >= 0.6 is 0 Å². The van der Waals surface area contributed by atoms with Crippen molar-refractivity contribution in [2.24, 2.45) is 5.73 Å². The summed E-state index contributed by atoms with van der Waals surface area (Å²) < 4.78 is 0. The lowest BCUT2D eigenvalue weighted by atomic mass is 10.2. The van der Waals surface area contributed by atoms with Gasteiger partial charge in [0.05, 0.1) is 0 Å². The number of carbonyl (C=O) groups excluding carboxylic acids is 2. The molecule has 0 aromatic rings. The minimum Gasteiger partial charge on any atom is -0.396 e. The van der Waals surface area contributed by atoms with Gasteiger partial charge in [0.1, 0.15) is 0 Å². The molecule has 5 heteroatoms. The number of carbonyl (C=O) groups is 2. The van der Waals surface area contributed by atoms with Crippen molar-refractivity contribution < 1.29 is 14.7 Å². The Labute approximate surface area is 78.3 Å². The van der Waals surface area contributed by atoms with Crippen LogP contribution in [0, 0.1) is 0 Å². The molecule has 0 saturated carbocycles. The lowest BCUT2D eigenvalue weighted by molar-refractivity contribution is -0.120. The molecule has 78 valence electrons. The van der Waals surface area contributed by atoms with Gasteiger partial charge in [0, 0.05) is 13.0 Å². The van der Waals surface area contributed by atoms with Crippen molar-refractivity contribution in [3.63, 3.8) is 0 Å². The highest BCUT2D eigenvalue weighted by Crippen LogP contribution is 1.92. The van der Waals surface area contributed by atoms with E-state index in [0.717, 1.165) is 0 Å². The lowest BCUT2D eigenvalue weighted by Gasteiger charge is -1.98. The van der Waals surface area contributed by atoms with Crippen LogP contribution in [0.15, 0.2) is 0 Å². The quantitative estimate of drug-likeness (QED) is 0.559. The Hall–Kier alpha value is -1.10. The minimum absolute atomic E-state index is 0.0594. The van der Waals surface area contributed by atoms with Crippen LogP contribution in [0.2, 0.25) is 0 Å². The molecule has 0 saturated heterocycles. The zero-order valence-electron chi connectivity index (χ0n) is 8.17. The standard InChI is InChI=1S/C6H12N2O3.C2H6/c7-6(11)8-5(10)3-1-2-4-9;1-2/h9H,1-4H2,(H3,7,8,10,11);1-2H3. The molecule has 4 N–H and O–H groups in total. The summed E-state index contributed by atoms with van der Waals surface area (Å²) in [5.41, 5.74) is 4.68. The lowest BCUT2D eigenvalue weighted by Crippen LogP contribution is -2.34. The second-order valence-electron chi connectivity index (χ2n) is 2.09. The molecule has 0 rings (SSSR count). The van der Waals surface area contributed by atoms with E-state index in [2.05, 4.69) is 5.73 Å². The summed E-state index contributed by atoms with van der Waals surface area (Å²) in [7, 11) is 0. The van der Waals surface area contributed by atoms with Gasteiger partial charge in [-0.05, 0) is 12.8 Å². The van der Waals surface area contributed by atoms with E-state index in [1.165, 1.54) is 0 Å². The Morgan fingerprint density at radius 1 is 1.31 bits per heavy atom. The molecule has 5 nitrogen and oxygen atoms in total. The molecule has 0 bridgehead atoms. The molecule has 0 heterocycles. The number of rotatable bonds is 4. The van der Waals surface area contributed by atoms with Crippen LogP contribution in [0.3, 0.4) is 0 Å². The number of urea groups is 1. The fourth-order valence-electron chi connectivity index (χ4n) is 0.597. The molecule has 0 aliphatic heterocycles. The number of aliphatic hydroxyl groups excluding tert-OH is 1. The first-order valence-electron chi connectivity index (χ1n) is 4.37. The highest BCUT2D eigenvalue weighted by atomic mass is 16.3. The van der Waals surface area contributed by atoms with E-state index in [1.54, 1.807) is 0 Å². The van der Waals surface area contributed by atoms with E-state index < -0.39 is 11.9 Å². The normalized spacial score (nSPS) is 8.23. The second-order valence-corrected chi connectivity index (χ2v) is 2.09. The number of unbranched alkanes of at least 4 members (excludes halogenated alkanes) is 1. The Kier molecular flexibility index (Phi) is 12.1. The number of amides is 3. The van der Waals surface area contributed by atoms with Crippen molar-refractivity contribution in [2.45, 2.75) is 33.1 Å². The van der Waals surface area contributed by atoms with Crippen LogP contribution in [0.25, 0.3) is 0 Å². The molecule has 3 amide bonds. The maximum atomic E-state index is 10.6. The molecule has 0 spiro atoms. The first-order valence-corrected chi connectivity index (χ1v) is 4.37. The minimum atomic E-state index is -0.834. The summed E-state index contributed by atoms with van der Waals surface area (Å²) in [5.74, 6) is -0.397. The molecule has 0 aromatic carbocycles. The van der Waals surface area contributed by atoms with Crippen molar-refractivity contribution in [3.8, 4) is 0 Å². The number of hydrogen-bond donors (Lipinski definition) is 3. The topological polar surface area (TPSA) is 92.4 Å². The molecule has 0 aliphatic rings. The highest BCUT2D eigenvalue weighted by Gasteiger charge is 2.01. The van der Waals surface area contributed by atoms with Gasteiger partial charge in [-0.3, -0.25) is 10.1 Å². The predicted octanol–water partition coefficient (Wildman–Crippen LogP) is 0.370. The molecule has 0 aliphatic carbocycles. The monoisotopic (exact) mass is 190 g/mol. The second kappa shape index (κ2) is 10.9. The average Bonchev–Trinajstić information content (AvgIpc) is 2.07. The third-order valence-corrected chi connectivity index (χ3v) is 1.07. The van der Waals surface area contributed by atoms with Crippen molar-refractivity contribution in [3.05, 3.63) is 0 Å². The highest BCUT2D eigenvalue weighted by molar-refractivity contribution is 5.93. The number of primary amides is 1. The summed E-state index contributed by atoms with van der Waals surface area (Å²) >= 11 is 0. The van der Waals surface area contributed by atoms with Gasteiger partial charge in [-0.2, -0.15) is 0 Å². The van der Waals surface area contributed by atoms with E-state index in [-0.39, 0.29) is 13.0 Å². The number of nitrogens with two attached hydrogens (primary N) is 1. The van der Waals surface area contributed by atoms with Gasteiger partial charge >= 0.3 is 6.03 Å². The van der Waals surface area contributed by atoms with Crippen molar-refractivity contribution in [1.82, 2.24) is 5.32 Å². The van der Waals surface area contributed by atoms with E-state index >= 15 is 0 Å². The number of aliphatic hydroxyl groups is 1. The molecule has 0 radical (unpaired) electrons. The van der Waals surface area contributed by atoms with Crippen LogP contribution in [0.4, 0.5) is 4.79 Å². The third-order valence-electron chi connectivity index (χ3n) is 1.07. The molecule has 13 heavy (non-hydrogen) atoms. The molecular weight excluding hydrogens is 172 g/mol.